The van der Waals surface area contributed by atoms with Gasteiger partial charge in [-0.25, -0.2) is 4.79 Å². The van der Waals surface area contributed by atoms with Crippen LogP contribution < -0.4 is 0 Å². The minimum absolute atomic E-state index is 0.0527. The summed E-state index contributed by atoms with van der Waals surface area (Å²) in [5, 5.41) is 11.6. The first-order valence-electron chi connectivity index (χ1n) is 8.31. The van der Waals surface area contributed by atoms with Crippen molar-refractivity contribution in [1.29, 1.82) is 0 Å². The van der Waals surface area contributed by atoms with E-state index in [1.807, 2.05) is 0 Å². The van der Waals surface area contributed by atoms with Gasteiger partial charge in [-0.05, 0) is 46.6 Å². The smallest absolute Gasteiger partial charge is 0.339 e. The number of carbonyl (C=O) groups excluding carboxylic acids is 2. The van der Waals surface area contributed by atoms with E-state index in [1.54, 1.807) is 27.7 Å². The van der Waals surface area contributed by atoms with Crippen LogP contribution in [-0.4, -0.2) is 29.1 Å². The zero-order chi connectivity index (χ0) is 18.8. The average Bonchev–Trinajstić information content (AvgIpc) is 2.44. The van der Waals surface area contributed by atoms with Gasteiger partial charge in [-0.1, -0.05) is 12.5 Å². The van der Waals surface area contributed by atoms with Gasteiger partial charge in [0.05, 0.1) is 22.7 Å². The van der Waals surface area contributed by atoms with Crippen LogP contribution in [-0.2, 0) is 19.7 Å². The number of carbonyl (C=O) groups is 2. The maximum atomic E-state index is 12.6. The minimum Gasteiger partial charge on any atom is -0.465 e. The average molecular weight is 349 g/mol. The molecule has 0 saturated heterocycles. The van der Waals surface area contributed by atoms with Crippen LogP contribution in [0.15, 0.2) is 18.2 Å². The number of rotatable bonds is 5. The summed E-state index contributed by atoms with van der Waals surface area (Å²) in [5.41, 5.74) is -2.01. The lowest BCUT2D eigenvalue weighted by Crippen LogP contribution is -2.45. The van der Waals surface area contributed by atoms with E-state index in [0.717, 1.165) is 6.42 Å². The van der Waals surface area contributed by atoms with Crippen molar-refractivity contribution >= 4 is 17.6 Å². The maximum absolute atomic E-state index is 12.6. The van der Waals surface area contributed by atoms with Gasteiger partial charge >= 0.3 is 11.9 Å². The molecule has 7 heteroatoms. The number of ether oxygens (including phenoxy) is 2. The van der Waals surface area contributed by atoms with Crippen molar-refractivity contribution in [3.63, 3.8) is 0 Å². The minimum atomic E-state index is -1.16. The molecule has 0 N–H and O–H groups in total. The van der Waals surface area contributed by atoms with E-state index >= 15 is 0 Å². The molecule has 0 heterocycles. The highest BCUT2D eigenvalue weighted by molar-refractivity contribution is 5.97. The van der Waals surface area contributed by atoms with Gasteiger partial charge < -0.3 is 9.47 Å². The summed E-state index contributed by atoms with van der Waals surface area (Å²) in [6.07, 6.45) is 1.55. The second kappa shape index (κ2) is 6.82. The quantitative estimate of drug-likeness (QED) is 0.458. The zero-order valence-corrected chi connectivity index (χ0v) is 15.0. The largest absolute Gasteiger partial charge is 0.465 e. The highest BCUT2D eigenvalue weighted by Gasteiger charge is 2.52. The zero-order valence-electron chi connectivity index (χ0n) is 15.0. The van der Waals surface area contributed by atoms with Crippen molar-refractivity contribution in [2.75, 3.05) is 6.61 Å². The van der Waals surface area contributed by atoms with Gasteiger partial charge in [0.25, 0.3) is 5.69 Å². The third-order valence-electron chi connectivity index (χ3n) is 4.21. The highest BCUT2D eigenvalue weighted by atomic mass is 16.6. The van der Waals surface area contributed by atoms with Crippen molar-refractivity contribution in [2.24, 2.45) is 0 Å². The molecule has 1 aliphatic rings. The lowest BCUT2D eigenvalue weighted by atomic mass is 9.62. The van der Waals surface area contributed by atoms with Gasteiger partial charge in [-0.15, -0.1) is 0 Å². The van der Waals surface area contributed by atoms with E-state index in [4.69, 9.17) is 9.47 Å². The Morgan fingerprint density at radius 1 is 1.28 bits per heavy atom. The van der Waals surface area contributed by atoms with Crippen LogP contribution >= 0.6 is 0 Å². The second-order valence-corrected chi connectivity index (χ2v) is 7.11. The van der Waals surface area contributed by atoms with Gasteiger partial charge in [0.15, 0.2) is 0 Å². The van der Waals surface area contributed by atoms with E-state index < -0.39 is 27.9 Å². The van der Waals surface area contributed by atoms with Crippen LogP contribution in [0.3, 0.4) is 0 Å². The molecule has 0 aromatic heterocycles. The molecular formula is C18H23NO6. The summed E-state index contributed by atoms with van der Waals surface area (Å²) >= 11 is 0. The van der Waals surface area contributed by atoms with Gasteiger partial charge in [-0.2, -0.15) is 0 Å². The third kappa shape index (κ3) is 3.65. The molecule has 25 heavy (non-hydrogen) atoms. The molecule has 1 fully saturated rings. The number of nitro groups is 1. The third-order valence-corrected chi connectivity index (χ3v) is 4.21. The Bertz CT molecular complexity index is 700. The molecule has 2 rings (SSSR count). The molecule has 1 aromatic carbocycles. The summed E-state index contributed by atoms with van der Waals surface area (Å²) in [7, 11) is 0. The molecule has 0 atom stereocenters. The van der Waals surface area contributed by atoms with Crippen molar-refractivity contribution in [3.05, 3.63) is 39.4 Å². The Kier molecular flexibility index (Phi) is 5.15. The first-order valence-corrected chi connectivity index (χ1v) is 8.31. The van der Waals surface area contributed by atoms with Crippen LogP contribution in [0, 0.1) is 10.1 Å². The Balaban J connectivity index is 2.63. The number of hydrogen-bond donors (Lipinski definition) is 0. The first-order chi connectivity index (χ1) is 11.6. The SMILES string of the molecule is CCOC(=O)C1(c2c(C(=O)OC(C)(C)C)cccc2[N+](=O)[O-])CCC1. The monoisotopic (exact) mass is 349 g/mol. The van der Waals surface area contributed by atoms with Crippen LogP contribution in [0.4, 0.5) is 5.69 Å². The van der Waals surface area contributed by atoms with Crippen LogP contribution in [0.5, 0.6) is 0 Å². The topological polar surface area (TPSA) is 95.7 Å². The number of benzene rings is 1. The van der Waals surface area contributed by atoms with Crippen LogP contribution in [0.25, 0.3) is 0 Å². The molecule has 0 spiro atoms. The van der Waals surface area contributed by atoms with Crippen molar-refractivity contribution in [1.82, 2.24) is 0 Å². The molecule has 0 aliphatic heterocycles. The van der Waals surface area contributed by atoms with Crippen molar-refractivity contribution < 1.29 is 24.0 Å². The Labute approximate surface area is 146 Å². The number of hydrogen-bond acceptors (Lipinski definition) is 6. The van der Waals surface area contributed by atoms with Crippen molar-refractivity contribution in [2.45, 2.75) is 58.0 Å². The molecule has 0 unspecified atom stereocenters. The summed E-state index contributed by atoms with van der Waals surface area (Å²) in [5.74, 6) is -1.21. The van der Waals surface area contributed by atoms with Crippen LogP contribution in [0.2, 0.25) is 0 Å². The fraction of sp³-hybridized carbons (Fsp3) is 0.556. The van der Waals surface area contributed by atoms with Gasteiger partial charge in [-0.3, -0.25) is 14.9 Å². The Morgan fingerprint density at radius 2 is 1.92 bits per heavy atom. The summed E-state index contributed by atoms with van der Waals surface area (Å²) in [6, 6.07) is 4.20. The van der Waals surface area contributed by atoms with Gasteiger partial charge in [0.2, 0.25) is 0 Å². The number of esters is 2. The van der Waals surface area contributed by atoms with E-state index in [9.17, 15) is 19.7 Å². The van der Waals surface area contributed by atoms with E-state index in [0.29, 0.717) is 12.8 Å². The van der Waals surface area contributed by atoms with Gasteiger partial charge in [0.1, 0.15) is 11.0 Å². The molecule has 1 aromatic rings. The predicted octanol–water partition coefficient (Wildman–Crippen LogP) is 3.53. The van der Waals surface area contributed by atoms with Gasteiger partial charge in [0, 0.05) is 6.07 Å². The summed E-state index contributed by atoms with van der Waals surface area (Å²) in [4.78, 5) is 36.2. The van der Waals surface area contributed by atoms with Crippen molar-refractivity contribution in [3.8, 4) is 0 Å². The lowest BCUT2D eigenvalue weighted by molar-refractivity contribution is -0.386. The van der Waals surface area contributed by atoms with E-state index in [1.165, 1.54) is 18.2 Å². The summed E-state index contributed by atoms with van der Waals surface area (Å²) < 4.78 is 10.5. The maximum Gasteiger partial charge on any atom is 0.339 e. The lowest BCUT2D eigenvalue weighted by Gasteiger charge is -2.40. The van der Waals surface area contributed by atoms with Crippen LogP contribution in [0.1, 0.15) is 62.9 Å². The number of nitrogens with zero attached hydrogens (tertiary/aromatic N) is 1. The standard InChI is InChI=1S/C18H23NO6/c1-5-24-16(21)18(10-7-11-18)14-12(15(20)25-17(2,3)4)8-6-9-13(14)19(22)23/h6,8-9H,5,7,10-11H2,1-4H3. The second-order valence-electron chi connectivity index (χ2n) is 7.11. The number of nitro benzene ring substituents is 1. The fourth-order valence-electron chi connectivity index (χ4n) is 3.05. The molecule has 0 radical (unpaired) electrons. The molecule has 1 aliphatic carbocycles. The molecular weight excluding hydrogens is 326 g/mol. The first kappa shape index (κ1) is 18.9. The van der Waals surface area contributed by atoms with E-state index in [-0.39, 0.29) is 23.4 Å². The normalized spacial score (nSPS) is 15.8. The fourth-order valence-corrected chi connectivity index (χ4v) is 3.05. The molecule has 0 bridgehead atoms. The molecule has 7 nitrogen and oxygen atoms in total. The Hall–Kier alpha value is -2.44. The molecule has 0 amide bonds. The molecule has 136 valence electrons. The highest BCUT2D eigenvalue weighted by Crippen LogP contribution is 2.49. The molecule has 1 saturated carbocycles. The van der Waals surface area contributed by atoms with E-state index in [2.05, 4.69) is 0 Å². The predicted molar refractivity (Wildman–Crippen MR) is 90.4 cm³/mol. The Morgan fingerprint density at radius 3 is 2.36 bits per heavy atom. The summed E-state index contributed by atoms with van der Waals surface area (Å²) in [6.45, 7) is 6.99.